The van der Waals surface area contributed by atoms with Crippen LogP contribution in [0.15, 0.2) is 0 Å². The molecule has 0 unspecified atom stereocenters. The van der Waals surface area contributed by atoms with Gasteiger partial charge in [-0.3, -0.25) is 0 Å². The second-order valence-corrected chi connectivity index (χ2v) is 6.14. The van der Waals surface area contributed by atoms with E-state index in [9.17, 15) is 0 Å². The van der Waals surface area contributed by atoms with Crippen molar-refractivity contribution in [1.82, 2.24) is 0 Å². The minimum atomic E-state index is 0.386. The van der Waals surface area contributed by atoms with Gasteiger partial charge in [-0.25, -0.2) is 0 Å². The molecular weight excluding hydrogens is 196 g/mol. The maximum absolute atomic E-state index is 5.30. The minimum absolute atomic E-state index is 0.386. The van der Waals surface area contributed by atoms with E-state index in [1.54, 1.807) is 0 Å². The van der Waals surface area contributed by atoms with Crippen molar-refractivity contribution in [3.63, 3.8) is 0 Å². The van der Waals surface area contributed by atoms with Crippen molar-refractivity contribution in [2.45, 2.75) is 73.3 Å². The van der Waals surface area contributed by atoms with E-state index in [0.717, 1.165) is 18.4 Å². The maximum atomic E-state index is 5.30. The highest BCUT2D eigenvalue weighted by molar-refractivity contribution is 4.65. The van der Waals surface area contributed by atoms with Crippen molar-refractivity contribution in [3.05, 3.63) is 0 Å². The third kappa shape index (κ3) is 10.5. The van der Waals surface area contributed by atoms with Gasteiger partial charge in [0.2, 0.25) is 0 Å². The van der Waals surface area contributed by atoms with Crippen LogP contribution in [-0.2, 0) is 4.74 Å². The number of hydrogen-bond acceptors (Lipinski definition) is 1. The summed E-state index contributed by atoms with van der Waals surface area (Å²) in [6.45, 7) is 14.0. The third-order valence-electron chi connectivity index (χ3n) is 3.07. The molecule has 0 amide bonds. The summed E-state index contributed by atoms with van der Waals surface area (Å²) in [7, 11) is 0. The first-order chi connectivity index (χ1) is 7.41. The van der Waals surface area contributed by atoms with Gasteiger partial charge in [0.1, 0.15) is 0 Å². The Morgan fingerprint density at radius 1 is 0.875 bits per heavy atom. The van der Waals surface area contributed by atoms with Crippen molar-refractivity contribution in [1.29, 1.82) is 0 Å². The van der Waals surface area contributed by atoms with Gasteiger partial charge in [-0.2, -0.15) is 0 Å². The molecule has 0 N–H and O–H groups in total. The largest absolute Gasteiger partial charge is 0.379 e. The first-order valence-electron chi connectivity index (χ1n) is 7.03. The van der Waals surface area contributed by atoms with E-state index in [2.05, 4.69) is 41.5 Å². The summed E-state index contributed by atoms with van der Waals surface area (Å²) >= 11 is 0. The van der Waals surface area contributed by atoms with Gasteiger partial charge in [-0.1, -0.05) is 53.4 Å². The molecule has 0 spiro atoms. The van der Waals surface area contributed by atoms with Crippen LogP contribution in [0.5, 0.6) is 0 Å². The van der Waals surface area contributed by atoms with Crippen molar-refractivity contribution in [3.8, 4) is 0 Å². The van der Waals surface area contributed by atoms with Gasteiger partial charge in [0, 0.05) is 6.61 Å². The van der Waals surface area contributed by atoms with Crippen LogP contribution in [0.2, 0.25) is 0 Å². The van der Waals surface area contributed by atoms with Gasteiger partial charge in [0.05, 0.1) is 6.10 Å². The molecule has 0 aromatic carbocycles. The highest BCUT2D eigenvalue weighted by Crippen LogP contribution is 2.27. The molecule has 0 aliphatic heterocycles. The molecule has 0 atom stereocenters. The van der Waals surface area contributed by atoms with Crippen LogP contribution < -0.4 is 0 Å². The van der Waals surface area contributed by atoms with Gasteiger partial charge in [0.25, 0.3) is 0 Å². The highest BCUT2D eigenvalue weighted by atomic mass is 16.5. The molecule has 0 aromatic heterocycles. The summed E-state index contributed by atoms with van der Waals surface area (Å²) in [5.74, 6) is 2.70. The van der Waals surface area contributed by atoms with E-state index in [4.69, 9.17) is 4.74 Å². The zero-order chi connectivity index (χ0) is 12.6. The first kappa shape index (κ1) is 16.0. The van der Waals surface area contributed by atoms with Crippen molar-refractivity contribution < 1.29 is 4.74 Å². The number of rotatable bonds is 3. The fraction of sp³-hybridized carbons (Fsp3) is 1.00. The predicted molar refractivity (Wildman–Crippen MR) is 72.7 cm³/mol. The lowest BCUT2D eigenvalue weighted by molar-refractivity contribution is 0.0593. The fourth-order valence-electron chi connectivity index (χ4n) is 1.81. The zero-order valence-corrected chi connectivity index (χ0v) is 12.3. The van der Waals surface area contributed by atoms with Gasteiger partial charge < -0.3 is 4.74 Å². The molecule has 0 saturated heterocycles. The molecule has 1 fully saturated rings. The van der Waals surface area contributed by atoms with Crippen LogP contribution in [0.25, 0.3) is 0 Å². The molecule has 1 aliphatic carbocycles. The molecule has 1 rings (SSSR count). The van der Waals surface area contributed by atoms with E-state index >= 15 is 0 Å². The summed E-state index contributed by atoms with van der Waals surface area (Å²) < 4.78 is 5.30. The van der Waals surface area contributed by atoms with E-state index < -0.39 is 0 Å². The molecule has 0 aromatic rings. The molecule has 0 radical (unpaired) electrons. The van der Waals surface area contributed by atoms with Gasteiger partial charge in [-0.05, 0) is 31.6 Å². The average molecular weight is 228 g/mol. The van der Waals surface area contributed by atoms with E-state index in [-0.39, 0.29) is 0 Å². The highest BCUT2D eigenvalue weighted by Gasteiger charge is 2.13. The minimum Gasteiger partial charge on any atom is -0.379 e. The fourth-order valence-corrected chi connectivity index (χ4v) is 1.81. The third-order valence-corrected chi connectivity index (χ3v) is 3.07. The van der Waals surface area contributed by atoms with Crippen LogP contribution in [0.3, 0.4) is 0 Å². The maximum Gasteiger partial charge on any atom is 0.0518 e. The molecular formula is C15H32O. The first-order valence-corrected chi connectivity index (χ1v) is 7.03. The lowest BCUT2D eigenvalue weighted by atomic mass is 9.84. The Hall–Kier alpha value is -0.0400. The van der Waals surface area contributed by atoms with Crippen LogP contribution in [0.4, 0.5) is 0 Å². The van der Waals surface area contributed by atoms with Crippen LogP contribution >= 0.6 is 0 Å². The molecule has 1 saturated carbocycles. The van der Waals surface area contributed by atoms with E-state index in [1.807, 2.05) is 0 Å². The normalized spacial score (nSPS) is 25.5. The van der Waals surface area contributed by atoms with Crippen LogP contribution in [0, 0.1) is 17.8 Å². The Kier molecular flexibility index (Phi) is 9.02. The Bertz CT molecular complexity index is 126. The SMILES string of the molecule is CC(C)COC(C)C.CC1CCC(C)CC1. The number of hydrogen-bond donors (Lipinski definition) is 0. The summed E-state index contributed by atoms with van der Waals surface area (Å²) in [4.78, 5) is 0. The van der Waals surface area contributed by atoms with E-state index in [1.165, 1.54) is 25.7 Å². The summed E-state index contributed by atoms with van der Waals surface area (Å²) in [5.41, 5.74) is 0. The molecule has 16 heavy (non-hydrogen) atoms. The Morgan fingerprint density at radius 2 is 1.25 bits per heavy atom. The smallest absolute Gasteiger partial charge is 0.0518 e. The molecule has 98 valence electrons. The standard InChI is InChI=1S/C8H16.C7H16O/c1-7-3-5-8(2)6-4-7;1-6(2)5-8-7(3)4/h7-8H,3-6H2,1-2H3;6-7H,5H2,1-4H3. The molecule has 0 bridgehead atoms. The second kappa shape index (κ2) is 9.04. The van der Waals surface area contributed by atoms with Gasteiger partial charge >= 0.3 is 0 Å². The average Bonchev–Trinajstić information content (AvgIpc) is 2.20. The quantitative estimate of drug-likeness (QED) is 0.667. The predicted octanol–water partition coefficient (Wildman–Crippen LogP) is 4.90. The summed E-state index contributed by atoms with van der Waals surface area (Å²) in [6.07, 6.45) is 6.28. The topological polar surface area (TPSA) is 9.23 Å². The lowest BCUT2D eigenvalue weighted by Crippen LogP contribution is -2.08. The molecule has 0 heterocycles. The Balaban J connectivity index is 0.000000281. The lowest BCUT2D eigenvalue weighted by Gasteiger charge is -2.22. The Morgan fingerprint density at radius 3 is 1.44 bits per heavy atom. The van der Waals surface area contributed by atoms with Crippen molar-refractivity contribution in [2.75, 3.05) is 6.61 Å². The summed E-state index contributed by atoms with van der Waals surface area (Å²) in [5, 5.41) is 0. The Labute approximate surface area is 103 Å². The van der Waals surface area contributed by atoms with Crippen LogP contribution in [0.1, 0.15) is 67.2 Å². The summed E-state index contributed by atoms with van der Waals surface area (Å²) in [6, 6.07) is 0. The van der Waals surface area contributed by atoms with E-state index in [0.29, 0.717) is 12.0 Å². The van der Waals surface area contributed by atoms with Gasteiger partial charge in [0.15, 0.2) is 0 Å². The van der Waals surface area contributed by atoms with Crippen molar-refractivity contribution >= 4 is 0 Å². The monoisotopic (exact) mass is 228 g/mol. The van der Waals surface area contributed by atoms with Crippen molar-refractivity contribution in [2.24, 2.45) is 17.8 Å². The second-order valence-electron chi connectivity index (χ2n) is 6.14. The zero-order valence-electron chi connectivity index (χ0n) is 12.3. The molecule has 1 nitrogen and oxygen atoms in total. The van der Waals surface area contributed by atoms with Gasteiger partial charge in [-0.15, -0.1) is 0 Å². The molecule has 1 aliphatic rings. The van der Waals surface area contributed by atoms with Crippen LogP contribution in [-0.4, -0.2) is 12.7 Å². The molecule has 1 heteroatoms. The number of ether oxygens (including phenoxy) is 1.